The molecular formula is C18H27N3. The first kappa shape index (κ1) is 15.8. The fourth-order valence-electron chi connectivity index (χ4n) is 2.63. The molecule has 0 amide bonds. The lowest BCUT2D eigenvalue weighted by molar-refractivity contribution is 0.503. The Morgan fingerprint density at radius 3 is 2.52 bits per heavy atom. The molecule has 3 nitrogen and oxygen atoms in total. The Labute approximate surface area is 128 Å². The molecule has 1 atom stereocenters. The molecule has 0 fully saturated rings. The molecule has 0 aliphatic heterocycles. The summed E-state index contributed by atoms with van der Waals surface area (Å²) in [6.45, 7) is 4.28. The number of benzene rings is 1. The summed E-state index contributed by atoms with van der Waals surface area (Å²) in [7, 11) is 4.10. The molecule has 2 aromatic rings. The van der Waals surface area contributed by atoms with Gasteiger partial charge in [-0.2, -0.15) is 5.10 Å². The van der Waals surface area contributed by atoms with E-state index in [0.29, 0.717) is 6.04 Å². The van der Waals surface area contributed by atoms with E-state index in [1.54, 1.807) is 0 Å². The van der Waals surface area contributed by atoms with Crippen molar-refractivity contribution in [3.8, 4) is 0 Å². The van der Waals surface area contributed by atoms with Gasteiger partial charge in [0.05, 0.1) is 5.69 Å². The van der Waals surface area contributed by atoms with Gasteiger partial charge in [-0.15, -0.1) is 0 Å². The monoisotopic (exact) mass is 285 g/mol. The van der Waals surface area contributed by atoms with Crippen LogP contribution in [0.25, 0.3) is 0 Å². The summed E-state index contributed by atoms with van der Waals surface area (Å²) in [5, 5.41) is 7.98. The molecular weight excluding hydrogens is 258 g/mol. The van der Waals surface area contributed by atoms with Gasteiger partial charge in [0, 0.05) is 25.2 Å². The van der Waals surface area contributed by atoms with Crippen molar-refractivity contribution in [3.05, 3.63) is 52.8 Å². The lowest BCUT2D eigenvalue weighted by Crippen LogP contribution is -2.29. The van der Waals surface area contributed by atoms with Crippen molar-refractivity contribution in [2.24, 2.45) is 7.05 Å². The van der Waals surface area contributed by atoms with Gasteiger partial charge < -0.3 is 5.32 Å². The molecule has 3 heteroatoms. The molecule has 1 aromatic carbocycles. The Bertz CT molecular complexity index is 554. The Kier molecular flexibility index (Phi) is 5.57. The SMILES string of the molecule is CCc1cc(CC(CCc2ccc(C)cc2)NC)n(C)n1. The minimum absolute atomic E-state index is 0.492. The second-order valence-corrected chi connectivity index (χ2v) is 5.82. The molecule has 0 aliphatic rings. The second-order valence-electron chi connectivity index (χ2n) is 5.82. The predicted octanol–water partition coefficient (Wildman–Crippen LogP) is 3.05. The quantitative estimate of drug-likeness (QED) is 0.847. The first-order valence-corrected chi connectivity index (χ1v) is 7.87. The van der Waals surface area contributed by atoms with Crippen LogP contribution in [0.3, 0.4) is 0 Å². The van der Waals surface area contributed by atoms with Crippen molar-refractivity contribution in [2.75, 3.05) is 7.05 Å². The van der Waals surface area contributed by atoms with Gasteiger partial charge in [0.25, 0.3) is 0 Å². The van der Waals surface area contributed by atoms with Crippen LogP contribution in [-0.4, -0.2) is 22.9 Å². The smallest absolute Gasteiger partial charge is 0.0624 e. The van der Waals surface area contributed by atoms with Gasteiger partial charge in [0.2, 0.25) is 0 Å². The van der Waals surface area contributed by atoms with Gasteiger partial charge in [-0.25, -0.2) is 0 Å². The summed E-state index contributed by atoms with van der Waals surface area (Å²) in [5.74, 6) is 0. The minimum Gasteiger partial charge on any atom is -0.317 e. The second kappa shape index (κ2) is 7.41. The fraction of sp³-hybridized carbons (Fsp3) is 0.500. The number of nitrogens with one attached hydrogen (secondary N) is 1. The Balaban J connectivity index is 1.93. The van der Waals surface area contributed by atoms with Crippen LogP contribution in [-0.2, 0) is 26.3 Å². The highest BCUT2D eigenvalue weighted by atomic mass is 15.3. The lowest BCUT2D eigenvalue weighted by atomic mass is 10.0. The van der Waals surface area contributed by atoms with Crippen LogP contribution in [0.2, 0.25) is 0 Å². The first-order valence-electron chi connectivity index (χ1n) is 7.87. The first-order chi connectivity index (χ1) is 10.1. The summed E-state index contributed by atoms with van der Waals surface area (Å²) in [5.41, 5.74) is 5.24. The Morgan fingerprint density at radius 1 is 1.24 bits per heavy atom. The number of likely N-dealkylation sites (N-methyl/N-ethyl adjacent to an activating group) is 1. The highest BCUT2D eigenvalue weighted by molar-refractivity contribution is 5.21. The maximum absolute atomic E-state index is 4.53. The van der Waals surface area contributed by atoms with Gasteiger partial charge >= 0.3 is 0 Å². The van der Waals surface area contributed by atoms with Gasteiger partial charge in [0.15, 0.2) is 0 Å². The molecule has 114 valence electrons. The zero-order valence-electron chi connectivity index (χ0n) is 13.7. The van der Waals surface area contributed by atoms with Crippen LogP contribution in [0.4, 0.5) is 0 Å². The number of aromatic nitrogens is 2. The van der Waals surface area contributed by atoms with Gasteiger partial charge in [-0.1, -0.05) is 36.8 Å². The van der Waals surface area contributed by atoms with Crippen LogP contribution in [0.15, 0.2) is 30.3 Å². The Hall–Kier alpha value is -1.61. The highest BCUT2D eigenvalue weighted by Crippen LogP contribution is 2.12. The normalized spacial score (nSPS) is 12.6. The summed E-state index contributed by atoms with van der Waals surface area (Å²) in [4.78, 5) is 0. The van der Waals surface area contributed by atoms with E-state index in [4.69, 9.17) is 0 Å². The number of aryl methyl sites for hydroxylation is 4. The Morgan fingerprint density at radius 2 is 1.95 bits per heavy atom. The zero-order chi connectivity index (χ0) is 15.2. The molecule has 0 radical (unpaired) electrons. The number of hydrogen-bond donors (Lipinski definition) is 1. The van der Waals surface area contributed by atoms with Gasteiger partial charge in [-0.3, -0.25) is 4.68 Å². The molecule has 21 heavy (non-hydrogen) atoms. The van der Waals surface area contributed by atoms with Gasteiger partial charge in [-0.05, 0) is 44.9 Å². The van der Waals surface area contributed by atoms with E-state index >= 15 is 0 Å². The third-order valence-corrected chi connectivity index (χ3v) is 4.16. The van der Waals surface area contributed by atoms with Crippen molar-refractivity contribution in [2.45, 2.75) is 45.6 Å². The molecule has 0 aliphatic carbocycles. The van der Waals surface area contributed by atoms with Crippen molar-refractivity contribution >= 4 is 0 Å². The molecule has 2 rings (SSSR count). The fourth-order valence-corrected chi connectivity index (χ4v) is 2.63. The van der Waals surface area contributed by atoms with Crippen LogP contribution < -0.4 is 5.32 Å². The van der Waals surface area contributed by atoms with Crippen LogP contribution in [0.1, 0.15) is 35.9 Å². The average Bonchev–Trinajstić information content (AvgIpc) is 2.85. The van der Waals surface area contributed by atoms with E-state index in [1.165, 1.54) is 22.5 Å². The molecule has 0 saturated heterocycles. The highest BCUT2D eigenvalue weighted by Gasteiger charge is 2.11. The minimum atomic E-state index is 0.492. The summed E-state index contributed by atoms with van der Waals surface area (Å²) >= 11 is 0. The predicted molar refractivity (Wildman–Crippen MR) is 88.6 cm³/mol. The van der Waals surface area contributed by atoms with Gasteiger partial charge in [0.1, 0.15) is 0 Å². The summed E-state index contributed by atoms with van der Waals surface area (Å²) in [6.07, 6.45) is 4.30. The van der Waals surface area contributed by atoms with E-state index < -0.39 is 0 Å². The largest absolute Gasteiger partial charge is 0.317 e. The summed E-state index contributed by atoms with van der Waals surface area (Å²) in [6, 6.07) is 11.6. The van der Waals surface area contributed by atoms with E-state index in [2.05, 4.69) is 61.6 Å². The molecule has 1 heterocycles. The van der Waals surface area contributed by atoms with Crippen molar-refractivity contribution in [1.29, 1.82) is 0 Å². The standard InChI is InChI=1S/C18H27N3/c1-5-16-12-18(21(4)20-16)13-17(19-3)11-10-15-8-6-14(2)7-9-15/h6-9,12,17,19H,5,10-11,13H2,1-4H3. The molecule has 0 spiro atoms. The number of nitrogens with zero attached hydrogens (tertiary/aromatic N) is 2. The van der Waals surface area contributed by atoms with E-state index in [9.17, 15) is 0 Å². The van der Waals surface area contributed by atoms with Crippen LogP contribution in [0, 0.1) is 6.92 Å². The molecule has 1 unspecified atom stereocenters. The number of rotatable bonds is 7. The number of hydrogen-bond acceptors (Lipinski definition) is 2. The van der Waals surface area contributed by atoms with Crippen LogP contribution in [0.5, 0.6) is 0 Å². The van der Waals surface area contributed by atoms with Crippen molar-refractivity contribution in [3.63, 3.8) is 0 Å². The van der Waals surface area contributed by atoms with Crippen LogP contribution >= 0.6 is 0 Å². The third-order valence-electron chi connectivity index (χ3n) is 4.16. The molecule has 0 saturated carbocycles. The summed E-state index contributed by atoms with van der Waals surface area (Å²) < 4.78 is 2.02. The topological polar surface area (TPSA) is 29.9 Å². The maximum atomic E-state index is 4.53. The average molecular weight is 285 g/mol. The molecule has 0 bridgehead atoms. The van der Waals surface area contributed by atoms with E-state index in [-0.39, 0.29) is 0 Å². The van der Waals surface area contributed by atoms with Crippen molar-refractivity contribution < 1.29 is 0 Å². The molecule has 1 aromatic heterocycles. The van der Waals surface area contributed by atoms with Crippen molar-refractivity contribution in [1.82, 2.24) is 15.1 Å². The zero-order valence-corrected chi connectivity index (χ0v) is 13.7. The third kappa shape index (κ3) is 4.43. The lowest BCUT2D eigenvalue weighted by Gasteiger charge is -2.16. The van der Waals surface area contributed by atoms with E-state index in [0.717, 1.165) is 25.7 Å². The van der Waals surface area contributed by atoms with E-state index in [1.807, 2.05) is 11.7 Å². The maximum Gasteiger partial charge on any atom is 0.0624 e. The molecule has 1 N–H and O–H groups in total.